The molecule has 1 aliphatic rings. The Kier molecular flexibility index (Phi) is 3.14. The second kappa shape index (κ2) is 4.81. The second-order valence-electron chi connectivity index (χ2n) is 5.59. The van der Waals surface area contributed by atoms with Gasteiger partial charge in [0.1, 0.15) is 5.82 Å². The molecule has 0 saturated carbocycles. The Morgan fingerprint density at radius 2 is 2.00 bits per heavy atom. The van der Waals surface area contributed by atoms with E-state index in [0.717, 1.165) is 37.4 Å². The van der Waals surface area contributed by atoms with Crippen LogP contribution < -0.4 is 5.73 Å². The first kappa shape index (κ1) is 12.4. The lowest BCUT2D eigenvalue weighted by Crippen LogP contribution is -2.38. The van der Waals surface area contributed by atoms with E-state index in [1.165, 1.54) is 0 Å². The Bertz CT molecular complexity index is 566. The standard InChI is InChI=1S/C14H21N5/c1-10(2)18-8-6-11(7-9-18)14-16-13-5-3-4-12(15)19(13)17-14/h3-5,10-11H,6-9,15H2,1-2H3. The van der Waals surface area contributed by atoms with Gasteiger partial charge in [-0.25, -0.2) is 4.98 Å². The first-order valence-corrected chi connectivity index (χ1v) is 7.00. The van der Waals surface area contributed by atoms with Crippen molar-refractivity contribution in [3.05, 3.63) is 24.0 Å². The van der Waals surface area contributed by atoms with Gasteiger partial charge in [0.25, 0.3) is 0 Å². The van der Waals surface area contributed by atoms with Crippen molar-refractivity contribution in [1.29, 1.82) is 0 Å². The molecule has 1 fully saturated rings. The van der Waals surface area contributed by atoms with Crippen LogP contribution in [0.15, 0.2) is 18.2 Å². The Balaban J connectivity index is 1.80. The topological polar surface area (TPSA) is 59.5 Å². The summed E-state index contributed by atoms with van der Waals surface area (Å²) in [7, 11) is 0. The molecule has 19 heavy (non-hydrogen) atoms. The predicted molar refractivity (Wildman–Crippen MR) is 76.1 cm³/mol. The van der Waals surface area contributed by atoms with Gasteiger partial charge < -0.3 is 10.6 Å². The molecule has 0 aromatic carbocycles. The van der Waals surface area contributed by atoms with Gasteiger partial charge >= 0.3 is 0 Å². The Labute approximate surface area is 113 Å². The molecule has 0 aliphatic carbocycles. The smallest absolute Gasteiger partial charge is 0.157 e. The van der Waals surface area contributed by atoms with Crippen molar-refractivity contribution < 1.29 is 0 Å². The van der Waals surface area contributed by atoms with Crippen molar-refractivity contribution in [1.82, 2.24) is 19.5 Å². The lowest BCUT2D eigenvalue weighted by molar-refractivity contribution is 0.169. The lowest BCUT2D eigenvalue weighted by Gasteiger charge is -2.33. The number of hydrogen-bond donors (Lipinski definition) is 1. The summed E-state index contributed by atoms with van der Waals surface area (Å²) < 4.78 is 1.74. The van der Waals surface area contributed by atoms with Crippen LogP contribution >= 0.6 is 0 Å². The van der Waals surface area contributed by atoms with Crippen LogP contribution in [0.1, 0.15) is 38.4 Å². The van der Waals surface area contributed by atoms with Gasteiger partial charge in [0, 0.05) is 12.0 Å². The molecular formula is C14H21N5. The fourth-order valence-electron chi connectivity index (χ4n) is 2.79. The molecule has 2 aromatic rings. The first-order valence-electron chi connectivity index (χ1n) is 7.00. The van der Waals surface area contributed by atoms with Crippen LogP contribution in [0.25, 0.3) is 5.65 Å². The zero-order valence-corrected chi connectivity index (χ0v) is 11.6. The third-order valence-corrected chi connectivity index (χ3v) is 4.03. The Morgan fingerprint density at radius 1 is 1.26 bits per heavy atom. The number of hydrogen-bond acceptors (Lipinski definition) is 4. The van der Waals surface area contributed by atoms with Crippen molar-refractivity contribution in [2.45, 2.75) is 38.6 Å². The lowest BCUT2D eigenvalue weighted by atomic mass is 9.95. The number of nitrogens with two attached hydrogens (primary N) is 1. The molecule has 0 unspecified atom stereocenters. The summed E-state index contributed by atoms with van der Waals surface area (Å²) in [4.78, 5) is 7.13. The fourth-order valence-corrected chi connectivity index (χ4v) is 2.79. The van der Waals surface area contributed by atoms with Crippen molar-refractivity contribution >= 4 is 11.5 Å². The molecule has 0 amide bonds. The third-order valence-electron chi connectivity index (χ3n) is 4.03. The van der Waals surface area contributed by atoms with Gasteiger partial charge in [0.2, 0.25) is 0 Å². The number of pyridine rings is 1. The third kappa shape index (κ3) is 2.30. The second-order valence-corrected chi connectivity index (χ2v) is 5.59. The Hall–Kier alpha value is -1.62. The number of nitrogen functional groups attached to an aromatic ring is 1. The molecule has 0 radical (unpaired) electrons. The number of anilines is 1. The molecule has 2 N–H and O–H groups in total. The van der Waals surface area contributed by atoms with Crippen molar-refractivity contribution in [3.63, 3.8) is 0 Å². The largest absolute Gasteiger partial charge is 0.384 e. The molecule has 1 saturated heterocycles. The highest BCUT2D eigenvalue weighted by molar-refractivity contribution is 5.46. The minimum absolute atomic E-state index is 0.467. The maximum Gasteiger partial charge on any atom is 0.157 e. The SMILES string of the molecule is CC(C)N1CCC(c2nc3cccc(N)n3n2)CC1. The van der Waals surface area contributed by atoms with E-state index in [1.807, 2.05) is 18.2 Å². The van der Waals surface area contributed by atoms with E-state index in [0.29, 0.717) is 17.8 Å². The molecule has 0 spiro atoms. The molecule has 2 aromatic heterocycles. The maximum atomic E-state index is 5.91. The number of fused-ring (bicyclic) bond motifs is 1. The average molecular weight is 259 g/mol. The summed E-state index contributed by atoms with van der Waals surface area (Å²) >= 11 is 0. The number of likely N-dealkylation sites (tertiary alicyclic amines) is 1. The first-order chi connectivity index (χ1) is 9.15. The van der Waals surface area contributed by atoms with Crippen molar-refractivity contribution in [2.75, 3.05) is 18.8 Å². The highest BCUT2D eigenvalue weighted by atomic mass is 15.3. The molecule has 102 valence electrons. The van der Waals surface area contributed by atoms with Crippen LogP contribution in [0.4, 0.5) is 5.82 Å². The summed E-state index contributed by atoms with van der Waals surface area (Å²) in [6.45, 7) is 6.77. The summed E-state index contributed by atoms with van der Waals surface area (Å²) in [6.07, 6.45) is 2.27. The van der Waals surface area contributed by atoms with Crippen LogP contribution in [0, 0.1) is 0 Å². The van der Waals surface area contributed by atoms with E-state index >= 15 is 0 Å². The van der Waals surface area contributed by atoms with Crippen LogP contribution in [-0.2, 0) is 0 Å². The van der Waals surface area contributed by atoms with Gasteiger partial charge in [-0.3, -0.25) is 0 Å². The van der Waals surface area contributed by atoms with Gasteiger partial charge in [-0.2, -0.15) is 4.52 Å². The number of rotatable bonds is 2. The maximum absolute atomic E-state index is 5.91. The van der Waals surface area contributed by atoms with Gasteiger partial charge in [0.15, 0.2) is 11.5 Å². The van der Waals surface area contributed by atoms with Crippen LogP contribution in [-0.4, -0.2) is 38.6 Å². The van der Waals surface area contributed by atoms with Crippen LogP contribution in [0.3, 0.4) is 0 Å². The average Bonchev–Trinajstić information content (AvgIpc) is 2.84. The molecule has 3 rings (SSSR count). The summed E-state index contributed by atoms with van der Waals surface area (Å²) in [5.74, 6) is 2.06. The quantitative estimate of drug-likeness (QED) is 0.895. The molecule has 5 heteroatoms. The molecule has 0 atom stereocenters. The van der Waals surface area contributed by atoms with Gasteiger partial charge in [-0.1, -0.05) is 6.07 Å². The monoisotopic (exact) mass is 259 g/mol. The minimum Gasteiger partial charge on any atom is -0.384 e. The van der Waals surface area contributed by atoms with E-state index in [1.54, 1.807) is 4.52 Å². The van der Waals surface area contributed by atoms with Gasteiger partial charge in [-0.05, 0) is 51.9 Å². The van der Waals surface area contributed by atoms with Crippen LogP contribution in [0.2, 0.25) is 0 Å². The van der Waals surface area contributed by atoms with E-state index in [9.17, 15) is 0 Å². The summed E-state index contributed by atoms with van der Waals surface area (Å²) in [5, 5.41) is 4.57. The van der Waals surface area contributed by atoms with Crippen LogP contribution in [0.5, 0.6) is 0 Å². The molecule has 0 bridgehead atoms. The normalized spacial score (nSPS) is 18.5. The van der Waals surface area contributed by atoms with E-state index in [-0.39, 0.29) is 0 Å². The van der Waals surface area contributed by atoms with E-state index in [4.69, 9.17) is 5.73 Å². The Morgan fingerprint density at radius 3 is 2.63 bits per heavy atom. The highest BCUT2D eigenvalue weighted by Crippen LogP contribution is 2.27. The number of aromatic nitrogens is 3. The number of nitrogens with zero attached hydrogens (tertiary/aromatic N) is 4. The van der Waals surface area contributed by atoms with E-state index in [2.05, 4.69) is 28.8 Å². The van der Waals surface area contributed by atoms with Gasteiger partial charge in [-0.15, -0.1) is 5.10 Å². The molecular weight excluding hydrogens is 238 g/mol. The number of piperidine rings is 1. The van der Waals surface area contributed by atoms with E-state index < -0.39 is 0 Å². The predicted octanol–water partition coefficient (Wildman–Crippen LogP) is 1.90. The molecule has 3 heterocycles. The van der Waals surface area contributed by atoms with Crippen molar-refractivity contribution in [2.24, 2.45) is 0 Å². The zero-order valence-electron chi connectivity index (χ0n) is 11.6. The zero-order chi connectivity index (χ0) is 13.4. The highest BCUT2D eigenvalue weighted by Gasteiger charge is 2.25. The fraction of sp³-hybridized carbons (Fsp3) is 0.571. The van der Waals surface area contributed by atoms with Gasteiger partial charge in [0.05, 0.1) is 0 Å². The molecule has 1 aliphatic heterocycles. The minimum atomic E-state index is 0.467. The summed E-state index contributed by atoms with van der Waals surface area (Å²) in [6, 6.07) is 6.36. The van der Waals surface area contributed by atoms with Crippen molar-refractivity contribution in [3.8, 4) is 0 Å². The summed E-state index contributed by atoms with van der Waals surface area (Å²) in [5.41, 5.74) is 6.76. The molecule has 5 nitrogen and oxygen atoms in total.